The van der Waals surface area contributed by atoms with Gasteiger partial charge in [-0.1, -0.05) is 30.0 Å². The van der Waals surface area contributed by atoms with Crippen LogP contribution in [0.3, 0.4) is 0 Å². The summed E-state index contributed by atoms with van der Waals surface area (Å²) < 4.78 is 5.12. The van der Waals surface area contributed by atoms with Gasteiger partial charge in [0.1, 0.15) is 11.1 Å². The molecule has 2 aromatic rings. The maximum absolute atomic E-state index is 12.0. The Labute approximate surface area is 112 Å². The summed E-state index contributed by atoms with van der Waals surface area (Å²) in [4.78, 5) is 27.9. The number of hydrogen-bond acceptors (Lipinski definition) is 5. The molecule has 0 unspecified atom stereocenters. The molecule has 0 atom stereocenters. The largest absolute Gasteiger partial charge is 0.422 e. The van der Waals surface area contributed by atoms with E-state index in [0.717, 1.165) is 5.75 Å². The monoisotopic (exact) mass is 274 g/mol. The molecular formula is C13H10N2O3S. The number of hydrogen-bond donors (Lipinski definition) is 1. The van der Waals surface area contributed by atoms with Crippen molar-refractivity contribution in [2.24, 2.45) is 4.99 Å². The maximum Gasteiger partial charge on any atom is 0.349 e. The second-order valence-corrected chi connectivity index (χ2v) is 5.06. The van der Waals surface area contributed by atoms with Crippen LogP contribution in [0.2, 0.25) is 0 Å². The molecule has 1 aromatic carbocycles. The molecule has 0 fully saturated rings. The zero-order valence-corrected chi connectivity index (χ0v) is 10.7. The van der Waals surface area contributed by atoms with Gasteiger partial charge in [-0.2, -0.15) is 0 Å². The van der Waals surface area contributed by atoms with Gasteiger partial charge in [-0.25, -0.2) is 4.79 Å². The molecule has 3 rings (SSSR count). The van der Waals surface area contributed by atoms with Crippen molar-refractivity contribution in [3.63, 3.8) is 0 Å². The van der Waals surface area contributed by atoms with Crippen LogP contribution >= 0.6 is 11.8 Å². The smallest absolute Gasteiger partial charge is 0.349 e. The fraction of sp³-hybridized carbons (Fsp3) is 0.154. The number of amides is 1. The van der Waals surface area contributed by atoms with Gasteiger partial charge in [-0.05, 0) is 12.1 Å². The van der Waals surface area contributed by atoms with Crippen LogP contribution in [0.4, 0.5) is 0 Å². The molecule has 96 valence electrons. The van der Waals surface area contributed by atoms with Crippen molar-refractivity contribution in [1.29, 1.82) is 0 Å². The molecule has 1 aliphatic heterocycles. The fourth-order valence-corrected chi connectivity index (χ4v) is 2.52. The zero-order valence-electron chi connectivity index (χ0n) is 9.88. The van der Waals surface area contributed by atoms with Gasteiger partial charge in [-0.3, -0.25) is 9.79 Å². The average molecular weight is 274 g/mol. The minimum absolute atomic E-state index is 0.00565. The Morgan fingerprint density at radius 3 is 3.00 bits per heavy atom. The Hall–Kier alpha value is -2.08. The van der Waals surface area contributed by atoms with E-state index in [0.29, 0.717) is 22.7 Å². The number of rotatable bonds is 1. The SMILES string of the molecule is O=C(NC1=NCCS1)c1cc2ccccc2oc1=O. The first kappa shape index (κ1) is 12.0. The van der Waals surface area contributed by atoms with Gasteiger partial charge in [0.05, 0.1) is 6.54 Å². The zero-order chi connectivity index (χ0) is 13.2. The van der Waals surface area contributed by atoms with Crippen LogP contribution in [0.5, 0.6) is 0 Å². The van der Waals surface area contributed by atoms with Gasteiger partial charge >= 0.3 is 5.63 Å². The Balaban J connectivity index is 1.97. The van der Waals surface area contributed by atoms with Crippen LogP contribution < -0.4 is 10.9 Å². The van der Waals surface area contributed by atoms with Gasteiger partial charge in [-0.15, -0.1) is 0 Å². The summed E-state index contributed by atoms with van der Waals surface area (Å²) in [5, 5.41) is 3.88. The first-order chi connectivity index (χ1) is 9.24. The molecule has 1 N–H and O–H groups in total. The Morgan fingerprint density at radius 1 is 1.37 bits per heavy atom. The number of nitrogens with zero attached hydrogens (tertiary/aromatic N) is 1. The standard InChI is InChI=1S/C13H10N2O3S/c16-11(15-13-14-5-6-19-13)9-7-8-3-1-2-4-10(8)18-12(9)17/h1-4,7H,5-6H2,(H,14,15,16). The van der Waals surface area contributed by atoms with Crippen LogP contribution in [-0.4, -0.2) is 23.4 Å². The van der Waals surface area contributed by atoms with Crippen molar-refractivity contribution in [2.75, 3.05) is 12.3 Å². The lowest BCUT2D eigenvalue weighted by Gasteiger charge is -2.03. The molecule has 2 heterocycles. The van der Waals surface area contributed by atoms with Crippen LogP contribution in [0.15, 0.2) is 44.5 Å². The van der Waals surface area contributed by atoms with E-state index in [2.05, 4.69) is 10.3 Å². The van der Waals surface area contributed by atoms with E-state index >= 15 is 0 Å². The Kier molecular flexibility index (Phi) is 3.08. The quantitative estimate of drug-likeness (QED) is 0.802. The third-order valence-corrected chi connectivity index (χ3v) is 3.58. The molecule has 6 heteroatoms. The summed E-state index contributed by atoms with van der Waals surface area (Å²) >= 11 is 1.46. The topological polar surface area (TPSA) is 71.7 Å². The number of amidine groups is 1. The summed E-state index contributed by atoms with van der Waals surface area (Å²) in [5.41, 5.74) is -0.176. The third-order valence-electron chi connectivity index (χ3n) is 2.69. The second-order valence-electron chi connectivity index (χ2n) is 3.97. The fourth-order valence-electron chi connectivity index (χ4n) is 1.80. The van der Waals surface area contributed by atoms with E-state index in [1.807, 2.05) is 6.07 Å². The van der Waals surface area contributed by atoms with Crippen LogP contribution in [0.25, 0.3) is 11.0 Å². The number of carbonyl (C=O) groups excluding carboxylic acids is 1. The van der Waals surface area contributed by atoms with Crippen molar-refractivity contribution in [1.82, 2.24) is 5.32 Å². The highest BCUT2D eigenvalue weighted by Crippen LogP contribution is 2.13. The molecule has 0 saturated carbocycles. The van der Waals surface area contributed by atoms with E-state index in [9.17, 15) is 9.59 Å². The summed E-state index contributed by atoms with van der Waals surface area (Å²) in [6, 6.07) is 8.61. The van der Waals surface area contributed by atoms with Gasteiger partial charge in [0.2, 0.25) is 0 Å². The third kappa shape index (κ3) is 2.39. The number of nitrogens with one attached hydrogen (secondary N) is 1. The highest BCUT2D eigenvalue weighted by molar-refractivity contribution is 8.14. The normalized spacial score (nSPS) is 14.4. The maximum atomic E-state index is 12.0. The first-order valence-corrected chi connectivity index (χ1v) is 6.74. The predicted octanol–water partition coefficient (Wildman–Crippen LogP) is 1.63. The first-order valence-electron chi connectivity index (χ1n) is 5.75. The van der Waals surface area contributed by atoms with Crippen molar-refractivity contribution in [3.8, 4) is 0 Å². The van der Waals surface area contributed by atoms with Crippen LogP contribution in [0, 0.1) is 0 Å². The summed E-state index contributed by atoms with van der Waals surface area (Å²) in [5.74, 6) is 0.370. The number of para-hydroxylation sites is 1. The Bertz CT molecular complexity index is 736. The van der Waals surface area contributed by atoms with Crippen molar-refractivity contribution in [2.45, 2.75) is 0 Å². The molecule has 0 saturated heterocycles. The van der Waals surface area contributed by atoms with Crippen LogP contribution in [0.1, 0.15) is 10.4 Å². The van der Waals surface area contributed by atoms with E-state index in [-0.39, 0.29) is 5.56 Å². The minimum Gasteiger partial charge on any atom is -0.422 e. The lowest BCUT2D eigenvalue weighted by atomic mass is 10.2. The van der Waals surface area contributed by atoms with Crippen molar-refractivity contribution in [3.05, 3.63) is 46.3 Å². The number of benzene rings is 1. The van der Waals surface area contributed by atoms with E-state index in [1.165, 1.54) is 17.8 Å². The van der Waals surface area contributed by atoms with Gasteiger partial charge < -0.3 is 9.73 Å². The lowest BCUT2D eigenvalue weighted by Crippen LogP contribution is -2.31. The molecule has 0 spiro atoms. The molecule has 0 bridgehead atoms. The number of fused-ring (bicyclic) bond motifs is 1. The summed E-state index contributed by atoms with van der Waals surface area (Å²) in [6.45, 7) is 0.687. The predicted molar refractivity (Wildman–Crippen MR) is 74.7 cm³/mol. The Morgan fingerprint density at radius 2 is 2.21 bits per heavy atom. The summed E-state index contributed by atoms with van der Waals surface area (Å²) in [6.07, 6.45) is 0. The molecule has 1 amide bonds. The highest BCUT2D eigenvalue weighted by Gasteiger charge is 2.17. The number of aliphatic imine (C=N–C) groups is 1. The molecular weight excluding hydrogens is 264 g/mol. The summed E-state index contributed by atoms with van der Waals surface area (Å²) in [7, 11) is 0. The lowest BCUT2D eigenvalue weighted by molar-refractivity contribution is 0.0974. The second kappa shape index (κ2) is 4.89. The van der Waals surface area contributed by atoms with E-state index in [4.69, 9.17) is 4.42 Å². The number of thioether (sulfide) groups is 1. The van der Waals surface area contributed by atoms with Gasteiger partial charge in [0.25, 0.3) is 5.91 Å². The molecule has 19 heavy (non-hydrogen) atoms. The molecule has 1 aliphatic rings. The van der Waals surface area contributed by atoms with E-state index in [1.54, 1.807) is 18.2 Å². The van der Waals surface area contributed by atoms with Crippen molar-refractivity contribution >= 4 is 33.8 Å². The van der Waals surface area contributed by atoms with Gasteiger partial charge in [0, 0.05) is 11.1 Å². The van der Waals surface area contributed by atoms with Gasteiger partial charge in [0.15, 0.2) is 5.17 Å². The van der Waals surface area contributed by atoms with Crippen molar-refractivity contribution < 1.29 is 9.21 Å². The molecule has 0 radical (unpaired) electrons. The molecule has 5 nitrogen and oxygen atoms in total. The number of carbonyl (C=O) groups is 1. The van der Waals surface area contributed by atoms with E-state index < -0.39 is 11.5 Å². The highest BCUT2D eigenvalue weighted by atomic mass is 32.2. The van der Waals surface area contributed by atoms with Crippen LogP contribution in [-0.2, 0) is 0 Å². The molecule has 1 aromatic heterocycles. The minimum atomic E-state index is -0.639. The molecule has 0 aliphatic carbocycles. The average Bonchev–Trinajstić information content (AvgIpc) is 2.90.